The van der Waals surface area contributed by atoms with Gasteiger partial charge in [-0.05, 0) is 55.8 Å². The second kappa shape index (κ2) is 9.27. The molecule has 0 saturated carbocycles. The van der Waals surface area contributed by atoms with Gasteiger partial charge in [0.2, 0.25) is 5.91 Å². The van der Waals surface area contributed by atoms with E-state index in [4.69, 9.17) is 4.42 Å². The number of nitro groups is 1. The Hall–Kier alpha value is -3.59. The molecule has 2 amide bonds. The number of thioether (sulfide) groups is 1. The van der Waals surface area contributed by atoms with E-state index in [9.17, 15) is 19.7 Å². The number of hydrogen-bond donors (Lipinski definition) is 2. The Morgan fingerprint density at radius 3 is 2.57 bits per heavy atom. The van der Waals surface area contributed by atoms with Crippen molar-refractivity contribution in [3.8, 4) is 0 Å². The SMILES string of the molecule is Cc1cc([N+](=O)[O-])ccc1NC(=O)C(C)Sc1cccc(NC(=O)c2ccco2)c1. The topological polar surface area (TPSA) is 114 Å². The number of benzene rings is 2. The molecule has 154 valence electrons. The van der Waals surface area contributed by atoms with Crippen LogP contribution in [0.1, 0.15) is 23.0 Å². The standard InChI is InChI=1S/C21H19N3O5S/c1-13-11-16(24(27)28)8-9-18(13)23-20(25)14(2)30-17-6-3-5-15(12-17)22-21(26)19-7-4-10-29-19/h3-12,14H,1-2H3,(H,22,26)(H,23,25). The van der Waals surface area contributed by atoms with Crippen molar-refractivity contribution in [1.82, 2.24) is 0 Å². The van der Waals surface area contributed by atoms with E-state index in [1.165, 1.54) is 36.2 Å². The van der Waals surface area contributed by atoms with Gasteiger partial charge in [-0.25, -0.2) is 0 Å². The third kappa shape index (κ3) is 5.26. The molecule has 1 atom stereocenters. The number of non-ortho nitro benzene ring substituents is 1. The molecule has 8 nitrogen and oxygen atoms in total. The van der Waals surface area contributed by atoms with E-state index in [2.05, 4.69) is 10.6 Å². The summed E-state index contributed by atoms with van der Waals surface area (Å²) < 4.78 is 5.07. The maximum Gasteiger partial charge on any atom is 0.291 e. The Morgan fingerprint density at radius 1 is 1.10 bits per heavy atom. The van der Waals surface area contributed by atoms with Gasteiger partial charge >= 0.3 is 0 Å². The molecule has 3 rings (SSSR count). The van der Waals surface area contributed by atoms with Crippen molar-refractivity contribution in [3.63, 3.8) is 0 Å². The molecule has 2 N–H and O–H groups in total. The van der Waals surface area contributed by atoms with Gasteiger partial charge in [-0.2, -0.15) is 0 Å². The minimum absolute atomic E-state index is 0.0265. The molecule has 0 spiro atoms. The van der Waals surface area contributed by atoms with Crippen LogP contribution >= 0.6 is 11.8 Å². The Bertz CT molecular complexity index is 1080. The number of rotatable bonds is 7. The van der Waals surface area contributed by atoms with Crippen LogP contribution in [-0.4, -0.2) is 22.0 Å². The van der Waals surface area contributed by atoms with Gasteiger partial charge in [-0.15, -0.1) is 11.8 Å². The van der Waals surface area contributed by atoms with Crippen molar-refractivity contribution in [1.29, 1.82) is 0 Å². The summed E-state index contributed by atoms with van der Waals surface area (Å²) in [5.74, 6) is -0.386. The van der Waals surface area contributed by atoms with E-state index in [1.807, 2.05) is 6.07 Å². The monoisotopic (exact) mass is 425 g/mol. The largest absolute Gasteiger partial charge is 0.459 e. The van der Waals surface area contributed by atoms with Crippen LogP contribution in [-0.2, 0) is 4.79 Å². The number of nitrogens with one attached hydrogen (secondary N) is 2. The van der Waals surface area contributed by atoms with Crippen molar-refractivity contribution in [2.24, 2.45) is 0 Å². The van der Waals surface area contributed by atoms with Crippen LogP contribution in [0.2, 0.25) is 0 Å². The number of amides is 2. The van der Waals surface area contributed by atoms with Crippen LogP contribution in [0.3, 0.4) is 0 Å². The van der Waals surface area contributed by atoms with Gasteiger partial charge in [-0.1, -0.05) is 6.07 Å². The molecule has 0 fully saturated rings. The Kier molecular flexibility index (Phi) is 6.53. The predicted molar refractivity (Wildman–Crippen MR) is 115 cm³/mol. The van der Waals surface area contributed by atoms with Crippen LogP contribution in [0, 0.1) is 17.0 Å². The highest BCUT2D eigenvalue weighted by Gasteiger charge is 2.17. The van der Waals surface area contributed by atoms with E-state index >= 15 is 0 Å². The van der Waals surface area contributed by atoms with Crippen LogP contribution in [0.4, 0.5) is 17.1 Å². The summed E-state index contributed by atoms with van der Waals surface area (Å²) in [4.78, 5) is 35.8. The first kappa shape index (κ1) is 21.1. The average Bonchev–Trinajstić information content (AvgIpc) is 3.24. The molecule has 2 aromatic carbocycles. The highest BCUT2D eigenvalue weighted by molar-refractivity contribution is 8.00. The molecule has 0 radical (unpaired) electrons. The van der Waals surface area contributed by atoms with E-state index in [0.717, 1.165) is 4.90 Å². The van der Waals surface area contributed by atoms with E-state index in [1.54, 1.807) is 44.2 Å². The molecule has 30 heavy (non-hydrogen) atoms. The molecular formula is C21H19N3O5S. The lowest BCUT2D eigenvalue weighted by Gasteiger charge is -2.14. The van der Waals surface area contributed by atoms with Crippen LogP contribution in [0.5, 0.6) is 0 Å². The molecular weight excluding hydrogens is 406 g/mol. The first-order chi connectivity index (χ1) is 14.3. The molecule has 9 heteroatoms. The van der Waals surface area contributed by atoms with Crippen molar-refractivity contribution in [2.75, 3.05) is 10.6 Å². The molecule has 3 aromatic rings. The minimum atomic E-state index is -0.477. The van der Waals surface area contributed by atoms with Gasteiger partial charge < -0.3 is 15.1 Å². The summed E-state index contributed by atoms with van der Waals surface area (Å²) in [7, 11) is 0. The third-order valence-corrected chi connectivity index (χ3v) is 5.29. The maximum absolute atomic E-state index is 12.6. The fraction of sp³-hybridized carbons (Fsp3) is 0.143. The normalized spacial score (nSPS) is 11.5. The van der Waals surface area contributed by atoms with E-state index in [-0.39, 0.29) is 23.3 Å². The van der Waals surface area contributed by atoms with Crippen molar-refractivity contribution in [3.05, 3.63) is 82.3 Å². The first-order valence-electron chi connectivity index (χ1n) is 9.01. The highest BCUT2D eigenvalue weighted by Crippen LogP contribution is 2.28. The number of carbonyl (C=O) groups excluding carboxylic acids is 2. The number of aryl methyl sites for hydroxylation is 1. The molecule has 1 aromatic heterocycles. The number of carbonyl (C=O) groups is 2. The fourth-order valence-corrected chi connectivity index (χ4v) is 3.57. The second-order valence-electron chi connectivity index (χ2n) is 6.46. The zero-order valence-corrected chi connectivity index (χ0v) is 17.1. The lowest BCUT2D eigenvalue weighted by Crippen LogP contribution is -2.22. The molecule has 0 bridgehead atoms. The van der Waals surface area contributed by atoms with Gasteiger partial charge in [0.1, 0.15) is 0 Å². The van der Waals surface area contributed by atoms with E-state index < -0.39 is 10.2 Å². The third-order valence-electron chi connectivity index (χ3n) is 4.20. The average molecular weight is 425 g/mol. The first-order valence-corrected chi connectivity index (χ1v) is 9.89. The minimum Gasteiger partial charge on any atom is -0.459 e. The molecule has 0 saturated heterocycles. The summed E-state index contributed by atoms with van der Waals surface area (Å²) in [5.41, 5.74) is 1.69. The lowest BCUT2D eigenvalue weighted by molar-refractivity contribution is -0.384. The number of anilines is 2. The Balaban J connectivity index is 1.62. The van der Waals surface area contributed by atoms with Crippen LogP contribution in [0.15, 0.2) is 70.2 Å². The molecule has 1 unspecified atom stereocenters. The molecule has 1 heterocycles. The number of nitro benzene ring substituents is 1. The number of nitrogens with zero attached hydrogens (tertiary/aromatic N) is 1. The van der Waals surface area contributed by atoms with Crippen LogP contribution < -0.4 is 10.6 Å². The number of hydrogen-bond acceptors (Lipinski definition) is 6. The smallest absolute Gasteiger partial charge is 0.291 e. The van der Waals surface area contributed by atoms with Crippen molar-refractivity contribution < 1.29 is 18.9 Å². The van der Waals surface area contributed by atoms with Crippen molar-refractivity contribution in [2.45, 2.75) is 24.0 Å². The summed E-state index contributed by atoms with van der Waals surface area (Å²) >= 11 is 1.33. The van der Waals surface area contributed by atoms with Crippen LogP contribution in [0.25, 0.3) is 0 Å². The quantitative estimate of drug-likeness (QED) is 0.317. The summed E-state index contributed by atoms with van der Waals surface area (Å²) in [6.45, 7) is 3.46. The molecule has 0 aliphatic carbocycles. The summed E-state index contributed by atoms with van der Waals surface area (Å²) in [6, 6.07) is 14.6. The summed E-state index contributed by atoms with van der Waals surface area (Å²) in [5, 5.41) is 16.0. The van der Waals surface area contributed by atoms with Crippen molar-refractivity contribution >= 4 is 40.6 Å². The molecule has 0 aliphatic rings. The Morgan fingerprint density at radius 2 is 1.90 bits per heavy atom. The zero-order chi connectivity index (χ0) is 21.7. The Labute approximate surface area is 176 Å². The van der Waals surface area contributed by atoms with Gasteiger partial charge in [-0.3, -0.25) is 19.7 Å². The van der Waals surface area contributed by atoms with Gasteiger partial charge in [0, 0.05) is 28.4 Å². The van der Waals surface area contributed by atoms with E-state index in [0.29, 0.717) is 16.9 Å². The van der Waals surface area contributed by atoms with Gasteiger partial charge in [0.15, 0.2) is 5.76 Å². The maximum atomic E-state index is 12.6. The second-order valence-corrected chi connectivity index (χ2v) is 7.88. The zero-order valence-electron chi connectivity index (χ0n) is 16.2. The van der Waals surface area contributed by atoms with Gasteiger partial charge in [0.05, 0.1) is 16.4 Å². The lowest BCUT2D eigenvalue weighted by atomic mass is 10.2. The molecule has 0 aliphatic heterocycles. The number of furan rings is 1. The summed E-state index contributed by atoms with van der Waals surface area (Å²) in [6.07, 6.45) is 1.42. The fourth-order valence-electron chi connectivity index (χ4n) is 2.64. The predicted octanol–water partition coefficient (Wildman–Crippen LogP) is 4.87. The highest BCUT2D eigenvalue weighted by atomic mass is 32.2. The van der Waals surface area contributed by atoms with Gasteiger partial charge in [0.25, 0.3) is 11.6 Å².